The van der Waals surface area contributed by atoms with E-state index in [4.69, 9.17) is 0 Å². The van der Waals surface area contributed by atoms with Gasteiger partial charge < -0.3 is 0 Å². The minimum Gasteiger partial charge on any atom is -0.258 e. The maximum absolute atomic E-state index is 11.9. The van der Waals surface area contributed by atoms with E-state index in [1.807, 2.05) is 0 Å². The summed E-state index contributed by atoms with van der Waals surface area (Å²) in [6.07, 6.45) is -1.22. The first-order valence-electron chi connectivity index (χ1n) is 7.98. The monoisotopic (exact) mass is 452 g/mol. The normalized spacial score (nSPS) is 10.9. The van der Waals surface area contributed by atoms with Gasteiger partial charge in [-0.25, -0.2) is 0 Å². The number of hydrogen-bond donors (Lipinski definition) is 0. The zero-order valence-corrected chi connectivity index (χ0v) is 15.3. The minimum atomic E-state index is -3.73. The first kappa shape index (κ1) is 23.1. The smallest absolute Gasteiger partial charge is 0.258 e. The molecule has 0 fully saturated rings. The van der Waals surface area contributed by atoms with E-state index in [-0.39, 0.29) is 11.6 Å². The van der Waals surface area contributed by atoms with Crippen LogP contribution in [-0.2, 0) is 12.1 Å². The zero-order valence-electron chi connectivity index (χ0n) is 15.3. The van der Waals surface area contributed by atoms with Crippen LogP contribution >= 0.6 is 0 Å². The lowest BCUT2D eigenvalue weighted by Crippen LogP contribution is -2.46. The Kier molecular flexibility index (Phi) is 5.99. The van der Waals surface area contributed by atoms with Crippen LogP contribution < -0.4 is 0 Å². The van der Waals surface area contributed by atoms with Crippen molar-refractivity contribution in [1.29, 1.82) is 0 Å². The van der Waals surface area contributed by atoms with Crippen molar-refractivity contribution in [1.82, 2.24) is 0 Å². The van der Waals surface area contributed by atoms with Crippen LogP contribution in [0.2, 0.25) is 0 Å². The van der Waals surface area contributed by atoms with Crippen molar-refractivity contribution in [3.8, 4) is 0 Å². The van der Waals surface area contributed by atoms with Crippen molar-refractivity contribution in [3.63, 3.8) is 0 Å². The quantitative estimate of drug-likeness (QED) is 0.301. The van der Waals surface area contributed by atoms with Crippen LogP contribution in [0.5, 0.6) is 0 Å². The van der Waals surface area contributed by atoms with Crippen molar-refractivity contribution in [2.24, 2.45) is 0 Å². The molecular formula is C14H8N6O12. The number of rotatable bonds is 9. The van der Waals surface area contributed by atoms with E-state index in [0.29, 0.717) is 0 Å². The van der Waals surface area contributed by atoms with Crippen molar-refractivity contribution >= 4 is 22.7 Å². The summed E-state index contributed by atoms with van der Waals surface area (Å²) in [7, 11) is 0. The molecule has 2 aromatic rings. The first-order valence-corrected chi connectivity index (χ1v) is 7.98. The van der Waals surface area contributed by atoms with E-state index in [9.17, 15) is 60.7 Å². The number of hydrogen-bond acceptors (Lipinski definition) is 12. The fourth-order valence-corrected chi connectivity index (χ4v) is 2.98. The van der Waals surface area contributed by atoms with E-state index in [2.05, 4.69) is 0 Å². The maximum Gasteiger partial charge on any atom is 0.495 e. The Balaban J connectivity index is 3.18. The molecule has 0 spiro atoms. The number of nitro groups is 6. The van der Waals surface area contributed by atoms with Crippen LogP contribution in [0.15, 0.2) is 36.4 Å². The number of nitrogens with zero attached hydrogens (tertiary/aromatic N) is 6. The van der Waals surface area contributed by atoms with Gasteiger partial charge in [-0.2, -0.15) is 0 Å². The third-order valence-electron chi connectivity index (χ3n) is 4.30. The van der Waals surface area contributed by atoms with Gasteiger partial charge in [0.05, 0.1) is 19.7 Å². The summed E-state index contributed by atoms with van der Waals surface area (Å²) in [5, 5.41) is 69.4. The standard InChI is InChI=1S/C14H8N6O12/c21-15(22)10-6-9(11(16(23)24)13(18(27)28)12(10)17(25)26)14(19(29)30,20(31)32)7-8-4-2-1-3-5-8/h1-6H,7H2. The molecule has 0 radical (unpaired) electrons. The predicted molar refractivity (Wildman–Crippen MR) is 98.9 cm³/mol. The van der Waals surface area contributed by atoms with Gasteiger partial charge in [0.2, 0.25) is 0 Å². The van der Waals surface area contributed by atoms with Gasteiger partial charge in [0.15, 0.2) is 5.56 Å². The highest BCUT2D eigenvalue weighted by Gasteiger charge is 2.65. The molecule has 0 amide bonds. The molecular weight excluding hydrogens is 444 g/mol. The molecule has 32 heavy (non-hydrogen) atoms. The largest absolute Gasteiger partial charge is 0.495 e. The third kappa shape index (κ3) is 3.69. The summed E-state index contributed by atoms with van der Waals surface area (Å²) in [6.45, 7) is 0. The van der Waals surface area contributed by atoms with Crippen LogP contribution in [0.1, 0.15) is 11.1 Å². The average Bonchev–Trinajstić information content (AvgIpc) is 2.70. The van der Waals surface area contributed by atoms with Gasteiger partial charge in [0, 0.05) is 6.07 Å². The SMILES string of the molecule is O=[N+]([O-])c1cc(C(Cc2ccccc2)([N+](=O)[O-])[N+](=O)[O-])c([N+](=O)[O-])c([N+](=O)[O-])c1[N+](=O)[O-]. The minimum absolute atomic E-state index is 0.113. The topological polar surface area (TPSA) is 259 Å². The summed E-state index contributed by atoms with van der Waals surface area (Å²) in [5.41, 5.74) is -13.3. The molecule has 2 rings (SSSR count). The summed E-state index contributed by atoms with van der Waals surface area (Å²) in [6, 6.07) is 6.29. The van der Waals surface area contributed by atoms with Gasteiger partial charge in [-0.1, -0.05) is 30.3 Å². The number of benzene rings is 2. The Hall–Kier alpha value is -5.16. The van der Waals surface area contributed by atoms with E-state index in [1.165, 1.54) is 30.3 Å². The second kappa shape index (κ2) is 8.30. The molecule has 0 saturated carbocycles. The highest BCUT2D eigenvalue weighted by molar-refractivity contribution is 5.78. The van der Waals surface area contributed by atoms with Gasteiger partial charge in [0.25, 0.3) is 0 Å². The Morgan fingerprint density at radius 3 is 1.47 bits per heavy atom. The lowest BCUT2D eigenvalue weighted by Gasteiger charge is -2.17. The Morgan fingerprint density at radius 1 is 0.625 bits per heavy atom. The van der Waals surface area contributed by atoms with E-state index < -0.39 is 69.9 Å². The van der Waals surface area contributed by atoms with Crippen LogP contribution in [0, 0.1) is 60.7 Å². The van der Waals surface area contributed by atoms with E-state index in [1.54, 1.807) is 0 Å². The zero-order chi connectivity index (χ0) is 24.4. The average molecular weight is 452 g/mol. The van der Waals surface area contributed by atoms with Crippen molar-refractivity contribution < 1.29 is 29.5 Å². The van der Waals surface area contributed by atoms with Crippen molar-refractivity contribution in [2.45, 2.75) is 12.1 Å². The molecule has 0 aliphatic rings. The first-order chi connectivity index (χ1) is 14.9. The second-order valence-corrected chi connectivity index (χ2v) is 6.01. The molecule has 0 aliphatic heterocycles. The van der Waals surface area contributed by atoms with Crippen LogP contribution in [-0.4, -0.2) is 29.5 Å². The Labute approximate surface area is 173 Å². The summed E-state index contributed by atoms with van der Waals surface area (Å²) >= 11 is 0. The van der Waals surface area contributed by atoms with Gasteiger partial charge in [0.1, 0.15) is 16.3 Å². The molecule has 0 bridgehead atoms. The highest BCUT2D eigenvalue weighted by atomic mass is 16.7. The molecule has 2 aromatic carbocycles. The van der Waals surface area contributed by atoms with E-state index >= 15 is 0 Å². The van der Waals surface area contributed by atoms with Crippen LogP contribution in [0.3, 0.4) is 0 Å². The fourth-order valence-electron chi connectivity index (χ4n) is 2.98. The van der Waals surface area contributed by atoms with Crippen molar-refractivity contribution in [3.05, 3.63) is 108 Å². The molecule has 0 saturated heterocycles. The van der Waals surface area contributed by atoms with Crippen LogP contribution in [0.4, 0.5) is 22.7 Å². The highest BCUT2D eigenvalue weighted by Crippen LogP contribution is 2.49. The summed E-state index contributed by atoms with van der Waals surface area (Å²) in [5.74, 6) is 0. The maximum atomic E-state index is 11.9. The van der Waals surface area contributed by atoms with Gasteiger partial charge >= 0.3 is 28.4 Å². The molecule has 0 unspecified atom stereocenters. The molecule has 0 N–H and O–H groups in total. The fraction of sp³-hybridized carbons (Fsp3) is 0.143. The van der Waals surface area contributed by atoms with Gasteiger partial charge in [-0.05, 0) is 5.56 Å². The molecule has 18 heteroatoms. The Bertz CT molecular complexity index is 1170. The molecule has 0 heterocycles. The lowest BCUT2D eigenvalue weighted by atomic mass is 9.90. The van der Waals surface area contributed by atoms with E-state index in [0.717, 1.165) is 0 Å². The third-order valence-corrected chi connectivity index (χ3v) is 4.30. The predicted octanol–water partition coefficient (Wildman–Crippen LogP) is 2.27. The molecule has 0 aliphatic carbocycles. The second-order valence-electron chi connectivity index (χ2n) is 6.01. The summed E-state index contributed by atoms with van der Waals surface area (Å²) < 4.78 is 0. The number of nitro benzene ring substituents is 4. The lowest BCUT2D eigenvalue weighted by molar-refractivity contribution is -0.810. The van der Waals surface area contributed by atoms with Crippen LogP contribution in [0.25, 0.3) is 0 Å². The summed E-state index contributed by atoms with van der Waals surface area (Å²) in [4.78, 5) is 59.6. The molecule has 0 aromatic heterocycles. The molecule has 166 valence electrons. The molecule has 0 atom stereocenters. The van der Waals surface area contributed by atoms with Gasteiger partial charge in [-0.3, -0.25) is 60.7 Å². The van der Waals surface area contributed by atoms with Crippen molar-refractivity contribution in [2.75, 3.05) is 0 Å². The molecule has 18 nitrogen and oxygen atoms in total. The Morgan fingerprint density at radius 2 is 1.09 bits per heavy atom. The van der Waals surface area contributed by atoms with Gasteiger partial charge in [-0.15, -0.1) is 0 Å².